The highest BCUT2D eigenvalue weighted by Crippen LogP contribution is 2.68. The van der Waals surface area contributed by atoms with E-state index in [0.717, 1.165) is 5.92 Å². The third-order valence-electron chi connectivity index (χ3n) is 4.25. The van der Waals surface area contributed by atoms with Gasteiger partial charge in [0.25, 0.3) is 0 Å². The van der Waals surface area contributed by atoms with Crippen molar-refractivity contribution in [3.05, 3.63) is 29.5 Å². The maximum absolute atomic E-state index is 3.82. The average molecular weight is 216 g/mol. The molecular formula is C16H24. The van der Waals surface area contributed by atoms with Crippen LogP contribution in [0.4, 0.5) is 0 Å². The van der Waals surface area contributed by atoms with E-state index < -0.39 is 0 Å². The second-order valence-corrected chi connectivity index (χ2v) is 5.67. The van der Waals surface area contributed by atoms with Gasteiger partial charge < -0.3 is 0 Å². The van der Waals surface area contributed by atoms with Crippen molar-refractivity contribution < 1.29 is 0 Å². The molecule has 16 heavy (non-hydrogen) atoms. The van der Waals surface area contributed by atoms with Gasteiger partial charge in [0.2, 0.25) is 0 Å². The van der Waals surface area contributed by atoms with E-state index in [1.54, 1.807) is 5.57 Å². The fourth-order valence-corrected chi connectivity index (χ4v) is 3.49. The molecule has 0 aromatic carbocycles. The lowest BCUT2D eigenvalue weighted by atomic mass is 9.84. The number of hydrogen-bond donors (Lipinski definition) is 0. The Kier molecular flexibility index (Phi) is 3.40. The Balaban J connectivity index is 2.11. The predicted molar refractivity (Wildman–Crippen MR) is 70.3 cm³/mol. The summed E-state index contributed by atoms with van der Waals surface area (Å²) in [5, 5.41) is 0. The molecule has 2 aliphatic rings. The van der Waals surface area contributed by atoms with Crippen LogP contribution in [0.2, 0.25) is 0 Å². The zero-order valence-electron chi connectivity index (χ0n) is 10.8. The number of unbranched alkanes of at least 4 members (excludes halogenated alkanes) is 1. The number of fused-ring (bicyclic) bond motifs is 1. The lowest BCUT2D eigenvalue weighted by molar-refractivity contribution is 0.315. The van der Waals surface area contributed by atoms with E-state index in [0.29, 0.717) is 5.41 Å². The third-order valence-corrected chi connectivity index (χ3v) is 4.25. The molecule has 0 heteroatoms. The molecular weight excluding hydrogens is 192 g/mol. The van der Waals surface area contributed by atoms with Gasteiger partial charge in [-0.15, -0.1) is 12.3 Å². The summed E-state index contributed by atoms with van der Waals surface area (Å²) in [5.74, 6) is 0.890. The van der Waals surface area contributed by atoms with E-state index in [4.69, 9.17) is 0 Å². The molecule has 2 fully saturated rings. The van der Waals surface area contributed by atoms with Crippen molar-refractivity contribution in [1.29, 1.82) is 0 Å². The molecule has 2 saturated carbocycles. The van der Waals surface area contributed by atoms with Gasteiger partial charge in [0.05, 0.1) is 0 Å². The fraction of sp³-hybridized carbons (Fsp3) is 0.688. The van der Waals surface area contributed by atoms with Gasteiger partial charge in [-0.05, 0) is 63.0 Å². The molecule has 2 aliphatic carbocycles. The summed E-state index contributed by atoms with van der Waals surface area (Å²) in [6, 6.07) is 0. The summed E-state index contributed by atoms with van der Waals surface area (Å²) in [6.45, 7) is 8.17. The molecule has 0 heterocycles. The van der Waals surface area contributed by atoms with Crippen LogP contribution in [0.25, 0.3) is 0 Å². The van der Waals surface area contributed by atoms with E-state index in [1.165, 1.54) is 50.5 Å². The quantitative estimate of drug-likeness (QED) is 0.351. The molecule has 0 N–H and O–H groups in total. The fourth-order valence-electron chi connectivity index (χ4n) is 3.49. The van der Waals surface area contributed by atoms with Crippen LogP contribution in [-0.2, 0) is 0 Å². The summed E-state index contributed by atoms with van der Waals surface area (Å²) in [4.78, 5) is 0. The molecule has 0 nitrogen and oxygen atoms in total. The zero-order chi connectivity index (χ0) is 11.6. The van der Waals surface area contributed by atoms with Crippen molar-refractivity contribution >= 4 is 0 Å². The molecule has 0 aromatic heterocycles. The van der Waals surface area contributed by atoms with Gasteiger partial charge in [-0.3, -0.25) is 0 Å². The van der Waals surface area contributed by atoms with Crippen molar-refractivity contribution in [2.75, 3.05) is 0 Å². The molecule has 0 bridgehead atoms. The van der Waals surface area contributed by atoms with Gasteiger partial charge in [0.15, 0.2) is 0 Å². The van der Waals surface area contributed by atoms with E-state index in [-0.39, 0.29) is 0 Å². The minimum Gasteiger partial charge on any atom is -0.122 e. The van der Waals surface area contributed by atoms with Crippen LogP contribution >= 0.6 is 0 Å². The van der Waals surface area contributed by atoms with Crippen LogP contribution in [0.5, 0.6) is 0 Å². The second-order valence-electron chi connectivity index (χ2n) is 5.67. The lowest BCUT2D eigenvalue weighted by Gasteiger charge is -2.20. The lowest BCUT2D eigenvalue weighted by Crippen LogP contribution is -2.09. The van der Waals surface area contributed by atoms with E-state index >= 15 is 0 Å². The summed E-state index contributed by atoms with van der Waals surface area (Å²) in [5.41, 5.74) is 7.23. The van der Waals surface area contributed by atoms with E-state index in [9.17, 15) is 0 Å². The highest BCUT2D eigenvalue weighted by Gasteiger charge is 2.59. The Labute approximate surface area is 100 Å². The van der Waals surface area contributed by atoms with Crippen LogP contribution < -0.4 is 0 Å². The zero-order valence-corrected chi connectivity index (χ0v) is 10.8. The minimum atomic E-state index is 0.582. The van der Waals surface area contributed by atoms with Crippen molar-refractivity contribution in [1.82, 2.24) is 0 Å². The van der Waals surface area contributed by atoms with Crippen LogP contribution in [0, 0.1) is 11.3 Å². The highest BCUT2D eigenvalue weighted by atomic mass is 14.6. The first kappa shape index (κ1) is 11.7. The number of rotatable bonds is 4. The molecule has 0 amide bonds. The summed E-state index contributed by atoms with van der Waals surface area (Å²) in [7, 11) is 0. The molecule has 0 saturated heterocycles. The largest absolute Gasteiger partial charge is 0.122 e. The maximum Gasteiger partial charge on any atom is 0.00626 e. The Morgan fingerprint density at radius 1 is 1.50 bits per heavy atom. The van der Waals surface area contributed by atoms with Crippen LogP contribution in [0.15, 0.2) is 29.5 Å². The van der Waals surface area contributed by atoms with Crippen LogP contribution in [0.1, 0.15) is 58.8 Å². The van der Waals surface area contributed by atoms with E-state index in [2.05, 4.69) is 32.2 Å². The average Bonchev–Trinajstić information content (AvgIpc) is 2.87. The Morgan fingerprint density at radius 3 is 3.00 bits per heavy atom. The Morgan fingerprint density at radius 2 is 2.31 bits per heavy atom. The number of allylic oxidation sites excluding steroid dienone is 2. The normalized spacial score (nSPS) is 31.6. The van der Waals surface area contributed by atoms with Gasteiger partial charge in [-0.25, -0.2) is 0 Å². The van der Waals surface area contributed by atoms with Gasteiger partial charge in [0.1, 0.15) is 0 Å². The molecule has 0 spiro atoms. The molecule has 2 atom stereocenters. The maximum atomic E-state index is 3.82. The third kappa shape index (κ3) is 2.04. The molecule has 0 aliphatic heterocycles. The summed E-state index contributed by atoms with van der Waals surface area (Å²) >= 11 is 0. The molecule has 2 rings (SSSR count). The molecule has 0 radical (unpaired) electrons. The SMILES string of the molecule is C=CCCC[C@@]12CCCC[C@@H]1C2=C=C(C)C. The minimum absolute atomic E-state index is 0.582. The Hall–Kier alpha value is -0.740. The van der Waals surface area contributed by atoms with E-state index in [1.807, 2.05) is 0 Å². The van der Waals surface area contributed by atoms with Gasteiger partial charge in [-0.2, -0.15) is 0 Å². The van der Waals surface area contributed by atoms with Gasteiger partial charge in [-0.1, -0.05) is 18.9 Å². The van der Waals surface area contributed by atoms with Crippen molar-refractivity contribution in [2.24, 2.45) is 11.3 Å². The molecule has 0 aromatic rings. The highest BCUT2D eigenvalue weighted by molar-refractivity contribution is 5.39. The Bertz CT molecular complexity index is 337. The first-order valence-corrected chi connectivity index (χ1v) is 6.76. The molecule has 0 unspecified atom stereocenters. The summed E-state index contributed by atoms with van der Waals surface area (Å²) < 4.78 is 0. The van der Waals surface area contributed by atoms with Gasteiger partial charge in [0, 0.05) is 5.41 Å². The first-order valence-electron chi connectivity index (χ1n) is 6.76. The number of hydrogen-bond acceptors (Lipinski definition) is 0. The molecule has 88 valence electrons. The summed E-state index contributed by atoms with van der Waals surface area (Å²) in [6.07, 6.45) is 11.6. The van der Waals surface area contributed by atoms with Crippen LogP contribution in [-0.4, -0.2) is 0 Å². The predicted octanol–water partition coefficient (Wildman–Crippen LogP) is 5.02. The van der Waals surface area contributed by atoms with Crippen molar-refractivity contribution in [2.45, 2.75) is 58.8 Å². The van der Waals surface area contributed by atoms with Crippen LogP contribution in [0.3, 0.4) is 0 Å². The first-order chi connectivity index (χ1) is 7.70. The van der Waals surface area contributed by atoms with Gasteiger partial charge >= 0.3 is 0 Å². The second kappa shape index (κ2) is 4.63. The standard InChI is InChI=1S/C16H24/c1-4-5-7-10-16-11-8-6-9-14(16)15(16)12-13(2)3/h4,14H,1,5-11H2,2-3H3/t14-,16-/m1/s1. The topological polar surface area (TPSA) is 0 Å². The van der Waals surface area contributed by atoms with Crippen molar-refractivity contribution in [3.8, 4) is 0 Å². The van der Waals surface area contributed by atoms with Crippen molar-refractivity contribution in [3.63, 3.8) is 0 Å². The smallest absolute Gasteiger partial charge is 0.00626 e. The monoisotopic (exact) mass is 216 g/mol.